The maximum atomic E-state index is 12.4. The van der Waals surface area contributed by atoms with E-state index in [0.29, 0.717) is 18.0 Å². The van der Waals surface area contributed by atoms with E-state index >= 15 is 0 Å². The zero-order chi connectivity index (χ0) is 15.6. The minimum absolute atomic E-state index is 0.148. The molecule has 1 aliphatic heterocycles. The Hall–Kier alpha value is -0.440. The van der Waals surface area contributed by atoms with Crippen molar-refractivity contribution in [3.05, 3.63) is 14.7 Å². The monoisotopic (exact) mass is 394 g/mol. The number of hydrogen-bond acceptors (Lipinski definition) is 4. The van der Waals surface area contributed by atoms with Crippen LogP contribution in [-0.2, 0) is 14.8 Å². The zero-order valence-electron chi connectivity index (χ0n) is 12.1. The fraction of sp³-hybridized carbons (Fsp3) is 0.615. The lowest BCUT2D eigenvalue weighted by Crippen LogP contribution is -2.48. The topological polar surface area (TPSA) is 66.5 Å². The van der Waals surface area contributed by atoms with Crippen LogP contribution in [0.1, 0.15) is 31.1 Å². The fourth-order valence-corrected chi connectivity index (χ4v) is 6.04. The first-order valence-corrected chi connectivity index (χ1v) is 9.97. The molecule has 1 aromatic rings. The van der Waals surface area contributed by atoms with E-state index in [9.17, 15) is 13.2 Å². The van der Waals surface area contributed by atoms with Crippen LogP contribution < -0.4 is 4.72 Å². The van der Waals surface area contributed by atoms with Gasteiger partial charge in [-0.1, -0.05) is 0 Å². The second-order valence-electron chi connectivity index (χ2n) is 5.20. The fourth-order valence-electron chi connectivity index (χ4n) is 2.43. The number of amides is 1. The first-order chi connectivity index (χ1) is 9.81. The molecule has 5 nitrogen and oxygen atoms in total. The van der Waals surface area contributed by atoms with E-state index in [-0.39, 0.29) is 10.8 Å². The van der Waals surface area contributed by atoms with Crippen LogP contribution in [0.2, 0.25) is 0 Å². The molecule has 1 unspecified atom stereocenters. The molecule has 1 N–H and O–H groups in total. The van der Waals surface area contributed by atoms with Crippen LogP contribution in [0, 0.1) is 6.92 Å². The van der Waals surface area contributed by atoms with Gasteiger partial charge < -0.3 is 4.90 Å². The van der Waals surface area contributed by atoms with Crippen molar-refractivity contribution in [1.29, 1.82) is 0 Å². The third-order valence-electron chi connectivity index (χ3n) is 3.50. The van der Waals surface area contributed by atoms with Crippen molar-refractivity contribution < 1.29 is 13.2 Å². The highest BCUT2D eigenvalue weighted by atomic mass is 79.9. The van der Waals surface area contributed by atoms with E-state index in [1.54, 1.807) is 24.8 Å². The molecule has 1 amide bonds. The second kappa shape index (κ2) is 6.76. The van der Waals surface area contributed by atoms with Gasteiger partial charge in [-0.2, -0.15) is 4.72 Å². The molecule has 0 radical (unpaired) electrons. The minimum Gasteiger partial charge on any atom is -0.341 e. The molecular formula is C13H19BrN2O3S2. The number of rotatable bonds is 4. The standard InChI is InChI=1S/C13H19BrN2O3S2/c1-9(13(17)16-6-4-3-5-7-16)15-21(18,19)11-8-12(14)20-10(11)2/h8-9,15H,3-7H2,1-2H3. The summed E-state index contributed by atoms with van der Waals surface area (Å²) < 4.78 is 28.0. The number of sulfonamides is 1. The first kappa shape index (κ1) is 16.9. The van der Waals surface area contributed by atoms with Crippen LogP contribution in [-0.4, -0.2) is 38.4 Å². The normalized spacial score (nSPS) is 17.8. The Morgan fingerprint density at radius 1 is 1.38 bits per heavy atom. The molecule has 0 saturated carbocycles. The quantitative estimate of drug-likeness (QED) is 0.852. The number of aryl methyl sites for hydroxylation is 1. The van der Waals surface area contributed by atoms with Gasteiger partial charge >= 0.3 is 0 Å². The highest BCUT2D eigenvalue weighted by Gasteiger charge is 2.28. The molecule has 1 aliphatic rings. The highest BCUT2D eigenvalue weighted by molar-refractivity contribution is 9.11. The summed E-state index contributed by atoms with van der Waals surface area (Å²) in [7, 11) is -3.67. The number of hydrogen-bond donors (Lipinski definition) is 1. The third-order valence-corrected chi connectivity index (χ3v) is 6.85. The number of nitrogens with one attached hydrogen (secondary N) is 1. The predicted molar refractivity (Wildman–Crippen MR) is 87.0 cm³/mol. The summed E-state index contributed by atoms with van der Waals surface area (Å²) in [6, 6.07) is 0.826. The lowest BCUT2D eigenvalue weighted by atomic mass is 10.1. The summed E-state index contributed by atoms with van der Waals surface area (Å²) in [6.45, 7) is 4.79. The van der Waals surface area contributed by atoms with Crippen molar-refractivity contribution in [2.45, 2.75) is 44.0 Å². The summed E-state index contributed by atoms with van der Waals surface area (Å²) in [4.78, 5) is 15.0. The highest BCUT2D eigenvalue weighted by Crippen LogP contribution is 2.29. The van der Waals surface area contributed by atoms with Gasteiger partial charge in [0.1, 0.15) is 0 Å². The van der Waals surface area contributed by atoms with Crippen molar-refractivity contribution in [3.63, 3.8) is 0 Å². The van der Waals surface area contributed by atoms with E-state index < -0.39 is 16.1 Å². The lowest BCUT2D eigenvalue weighted by Gasteiger charge is -2.29. The zero-order valence-corrected chi connectivity index (χ0v) is 15.3. The minimum atomic E-state index is -3.67. The van der Waals surface area contributed by atoms with Gasteiger partial charge in [0.25, 0.3) is 0 Å². The Kier molecular flexibility index (Phi) is 5.45. The molecule has 2 heterocycles. The molecular weight excluding hydrogens is 376 g/mol. The number of nitrogens with zero attached hydrogens (tertiary/aromatic N) is 1. The van der Waals surface area contributed by atoms with Gasteiger partial charge in [-0.3, -0.25) is 4.79 Å². The Morgan fingerprint density at radius 2 is 2.00 bits per heavy atom. The van der Waals surface area contributed by atoms with Crippen LogP contribution in [0.4, 0.5) is 0 Å². The Balaban J connectivity index is 2.09. The van der Waals surface area contributed by atoms with Gasteiger partial charge in [0.05, 0.1) is 14.7 Å². The summed E-state index contributed by atoms with van der Waals surface area (Å²) in [5.74, 6) is -0.148. The molecule has 1 atom stereocenters. The van der Waals surface area contributed by atoms with Gasteiger partial charge in [0, 0.05) is 18.0 Å². The molecule has 0 spiro atoms. The van der Waals surface area contributed by atoms with Crippen LogP contribution in [0.15, 0.2) is 14.7 Å². The number of likely N-dealkylation sites (tertiary alicyclic amines) is 1. The van der Waals surface area contributed by atoms with Crippen LogP contribution in [0.5, 0.6) is 0 Å². The van der Waals surface area contributed by atoms with E-state index in [2.05, 4.69) is 20.7 Å². The molecule has 0 aliphatic carbocycles. The summed E-state index contributed by atoms with van der Waals surface area (Å²) in [5.41, 5.74) is 0. The summed E-state index contributed by atoms with van der Waals surface area (Å²) >= 11 is 4.65. The third kappa shape index (κ3) is 4.06. The average Bonchev–Trinajstić information content (AvgIpc) is 2.78. The van der Waals surface area contributed by atoms with Gasteiger partial charge in [0.15, 0.2) is 0 Å². The smallest absolute Gasteiger partial charge is 0.242 e. The number of piperidine rings is 1. The van der Waals surface area contributed by atoms with E-state index in [1.807, 2.05) is 0 Å². The lowest BCUT2D eigenvalue weighted by molar-refractivity contribution is -0.133. The Morgan fingerprint density at radius 3 is 2.52 bits per heavy atom. The average molecular weight is 395 g/mol. The summed E-state index contributed by atoms with van der Waals surface area (Å²) in [5, 5.41) is 0. The number of carbonyl (C=O) groups is 1. The van der Waals surface area contributed by atoms with Crippen molar-refractivity contribution in [3.8, 4) is 0 Å². The molecule has 21 heavy (non-hydrogen) atoms. The van der Waals surface area contributed by atoms with Crippen molar-refractivity contribution >= 4 is 43.2 Å². The molecule has 1 fully saturated rings. The Bertz CT molecular complexity index is 621. The van der Waals surface area contributed by atoms with Gasteiger partial charge in [-0.05, 0) is 55.1 Å². The van der Waals surface area contributed by atoms with Gasteiger partial charge in [0.2, 0.25) is 15.9 Å². The van der Waals surface area contributed by atoms with E-state index in [4.69, 9.17) is 0 Å². The molecule has 0 bridgehead atoms. The SMILES string of the molecule is Cc1sc(Br)cc1S(=O)(=O)NC(C)C(=O)N1CCCCC1. The van der Waals surface area contributed by atoms with Crippen molar-refractivity contribution in [2.24, 2.45) is 0 Å². The van der Waals surface area contributed by atoms with Crippen LogP contribution >= 0.6 is 27.3 Å². The largest absolute Gasteiger partial charge is 0.341 e. The van der Waals surface area contributed by atoms with Gasteiger partial charge in [-0.15, -0.1) is 11.3 Å². The molecule has 118 valence electrons. The predicted octanol–water partition coefficient (Wildman–Crippen LogP) is 2.50. The maximum absolute atomic E-state index is 12.4. The van der Waals surface area contributed by atoms with Crippen molar-refractivity contribution in [1.82, 2.24) is 9.62 Å². The van der Waals surface area contributed by atoms with Crippen LogP contribution in [0.25, 0.3) is 0 Å². The van der Waals surface area contributed by atoms with E-state index in [1.165, 1.54) is 11.3 Å². The first-order valence-electron chi connectivity index (χ1n) is 6.88. The van der Waals surface area contributed by atoms with Crippen LogP contribution in [0.3, 0.4) is 0 Å². The van der Waals surface area contributed by atoms with Gasteiger partial charge in [-0.25, -0.2) is 8.42 Å². The molecule has 2 rings (SSSR count). The molecule has 1 saturated heterocycles. The number of thiophene rings is 1. The Labute approximate surface area is 137 Å². The maximum Gasteiger partial charge on any atom is 0.242 e. The number of carbonyl (C=O) groups excluding carboxylic acids is 1. The molecule has 1 aromatic heterocycles. The molecule has 8 heteroatoms. The summed E-state index contributed by atoms with van der Waals surface area (Å²) in [6.07, 6.45) is 3.11. The van der Waals surface area contributed by atoms with E-state index in [0.717, 1.165) is 23.0 Å². The molecule has 0 aromatic carbocycles. The van der Waals surface area contributed by atoms with Crippen molar-refractivity contribution in [2.75, 3.05) is 13.1 Å². The number of halogens is 1. The second-order valence-corrected chi connectivity index (χ2v) is 9.52.